The quantitative estimate of drug-likeness (QED) is 0.570. The van der Waals surface area contributed by atoms with Crippen LogP contribution in [0.2, 0.25) is 0 Å². The normalized spacial score (nSPS) is 10.9. The van der Waals surface area contributed by atoms with Gasteiger partial charge in [0, 0.05) is 23.3 Å². The number of rotatable bonds is 0. The molecule has 2 aromatic carbocycles. The largest absolute Gasteiger partial charge is 0.343 e. The second-order valence-electron chi connectivity index (χ2n) is 4.34. The number of fused-ring (bicyclic) bond motifs is 3. The predicted molar refractivity (Wildman–Crippen MR) is 69.9 cm³/mol. The zero-order valence-corrected chi connectivity index (χ0v) is 9.86. The van der Waals surface area contributed by atoms with Crippen molar-refractivity contribution in [3.05, 3.63) is 47.5 Å². The third kappa shape index (κ3) is 1.20. The molecule has 0 N–H and O–H groups in total. The highest BCUT2D eigenvalue weighted by molar-refractivity contribution is 6.09. The van der Waals surface area contributed by atoms with Gasteiger partial charge in [-0.3, -0.25) is 0 Å². The van der Waals surface area contributed by atoms with Crippen LogP contribution in [0, 0.1) is 18.3 Å². The Bertz CT molecular complexity index is 773. The van der Waals surface area contributed by atoms with E-state index in [9.17, 15) is 5.26 Å². The molecule has 0 saturated carbocycles. The zero-order valence-electron chi connectivity index (χ0n) is 9.86. The number of benzene rings is 2. The van der Waals surface area contributed by atoms with Crippen molar-refractivity contribution in [3.63, 3.8) is 0 Å². The summed E-state index contributed by atoms with van der Waals surface area (Å²) < 4.78 is 2.11. The summed E-state index contributed by atoms with van der Waals surface area (Å²) in [5, 5.41) is 11.7. The first kappa shape index (κ1) is 9.92. The lowest BCUT2D eigenvalue weighted by Crippen LogP contribution is -1.91. The Morgan fingerprint density at radius 3 is 2.59 bits per heavy atom. The maximum Gasteiger partial charge on any atom is 0.102 e. The van der Waals surface area contributed by atoms with Gasteiger partial charge in [-0.1, -0.05) is 30.3 Å². The second kappa shape index (κ2) is 3.36. The molecule has 0 fully saturated rings. The standard InChI is InChI=1S/C15H12N2/c1-10-7-8-12-11-5-3-4-6-14(11)17(2)15(12)13(10)9-16/h3-8H,1-2H3. The molecule has 17 heavy (non-hydrogen) atoms. The van der Waals surface area contributed by atoms with Gasteiger partial charge in [0.05, 0.1) is 11.1 Å². The van der Waals surface area contributed by atoms with Gasteiger partial charge in [0.15, 0.2) is 0 Å². The average molecular weight is 220 g/mol. The summed E-state index contributed by atoms with van der Waals surface area (Å²) in [6.45, 7) is 1.98. The molecule has 0 aliphatic carbocycles. The van der Waals surface area contributed by atoms with E-state index in [0.29, 0.717) is 0 Å². The van der Waals surface area contributed by atoms with Crippen molar-refractivity contribution in [1.29, 1.82) is 5.26 Å². The molecule has 0 unspecified atom stereocenters. The maximum absolute atomic E-state index is 9.30. The van der Waals surface area contributed by atoms with E-state index in [1.54, 1.807) is 0 Å². The van der Waals surface area contributed by atoms with E-state index in [4.69, 9.17) is 0 Å². The lowest BCUT2D eigenvalue weighted by Gasteiger charge is -2.02. The summed E-state index contributed by atoms with van der Waals surface area (Å²) in [7, 11) is 2.02. The Balaban J connectivity index is 2.68. The van der Waals surface area contributed by atoms with Crippen LogP contribution in [-0.4, -0.2) is 4.57 Å². The molecule has 0 aliphatic rings. The highest BCUT2D eigenvalue weighted by Crippen LogP contribution is 2.31. The first-order valence-electron chi connectivity index (χ1n) is 5.61. The first-order valence-corrected chi connectivity index (χ1v) is 5.61. The van der Waals surface area contributed by atoms with E-state index >= 15 is 0 Å². The topological polar surface area (TPSA) is 28.7 Å². The summed E-state index contributed by atoms with van der Waals surface area (Å²) in [6, 6.07) is 14.7. The van der Waals surface area contributed by atoms with Crippen LogP contribution >= 0.6 is 0 Å². The summed E-state index contributed by atoms with van der Waals surface area (Å²) in [4.78, 5) is 0. The summed E-state index contributed by atoms with van der Waals surface area (Å²) in [6.07, 6.45) is 0. The van der Waals surface area contributed by atoms with Crippen molar-refractivity contribution in [2.24, 2.45) is 7.05 Å². The number of aryl methyl sites for hydroxylation is 2. The molecule has 1 aromatic heterocycles. The fourth-order valence-corrected chi connectivity index (χ4v) is 2.51. The summed E-state index contributed by atoms with van der Waals surface area (Å²) in [5.41, 5.74) is 4.02. The molecule has 3 rings (SSSR count). The molecule has 1 heterocycles. The molecule has 82 valence electrons. The number of hydrogen-bond donors (Lipinski definition) is 0. The van der Waals surface area contributed by atoms with Gasteiger partial charge < -0.3 is 4.57 Å². The van der Waals surface area contributed by atoms with Gasteiger partial charge in [0.2, 0.25) is 0 Å². The van der Waals surface area contributed by atoms with Gasteiger partial charge in [-0.05, 0) is 18.6 Å². The molecule has 0 amide bonds. The van der Waals surface area contributed by atoms with E-state index in [2.05, 4.69) is 28.8 Å². The zero-order chi connectivity index (χ0) is 12.0. The molecular weight excluding hydrogens is 208 g/mol. The van der Waals surface area contributed by atoms with E-state index in [1.165, 1.54) is 10.9 Å². The van der Waals surface area contributed by atoms with Crippen LogP contribution in [0.4, 0.5) is 0 Å². The Kier molecular flexibility index (Phi) is 1.96. The van der Waals surface area contributed by atoms with E-state index in [1.807, 2.05) is 32.2 Å². The molecular formula is C15H12N2. The van der Waals surface area contributed by atoms with Crippen LogP contribution in [-0.2, 0) is 7.05 Å². The van der Waals surface area contributed by atoms with Crippen LogP contribution in [0.5, 0.6) is 0 Å². The molecule has 0 atom stereocenters. The molecule has 3 aromatic rings. The van der Waals surface area contributed by atoms with E-state index in [0.717, 1.165) is 22.0 Å². The van der Waals surface area contributed by atoms with E-state index < -0.39 is 0 Å². The average Bonchev–Trinajstić information content (AvgIpc) is 2.64. The highest BCUT2D eigenvalue weighted by Gasteiger charge is 2.12. The van der Waals surface area contributed by atoms with Crippen LogP contribution in [0.25, 0.3) is 21.8 Å². The second-order valence-corrected chi connectivity index (χ2v) is 4.34. The van der Waals surface area contributed by atoms with Gasteiger partial charge >= 0.3 is 0 Å². The number of aromatic nitrogens is 1. The van der Waals surface area contributed by atoms with Gasteiger partial charge in [-0.15, -0.1) is 0 Å². The fraction of sp³-hybridized carbons (Fsp3) is 0.133. The minimum atomic E-state index is 0.779. The molecule has 0 radical (unpaired) electrons. The molecule has 0 aliphatic heterocycles. The Morgan fingerprint density at radius 1 is 1.06 bits per heavy atom. The first-order chi connectivity index (χ1) is 8.24. The van der Waals surface area contributed by atoms with Crippen molar-refractivity contribution in [3.8, 4) is 6.07 Å². The Hall–Kier alpha value is -2.27. The number of hydrogen-bond acceptors (Lipinski definition) is 1. The van der Waals surface area contributed by atoms with Gasteiger partial charge in [0.25, 0.3) is 0 Å². The van der Waals surface area contributed by atoms with Crippen molar-refractivity contribution in [1.82, 2.24) is 4.57 Å². The smallest absolute Gasteiger partial charge is 0.102 e. The Labute approximate surface area is 99.7 Å². The van der Waals surface area contributed by atoms with Crippen LogP contribution in [0.15, 0.2) is 36.4 Å². The Morgan fingerprint density at radius 2 is 1.82 bits per heavy atom. The van der Waals surface area contributed by atoms with Crippen molar-refractivity contribution in [2.45, 2.75) is 6.92 Å². The van der Waals surface area contributed by atoms with Crippen LogP contribution in [0.3, 0.4) is 0 Å². The van der Waals surface area contributed by atoms with Crippen molar-refractivity contribution >= 4 is 21.8 Å². The summed E-state index contributed by atoms with van der Waals surface area (Å²) >= 11 is 0. The minimum Gasteiger partial charge on any atom is -0.343 e. The molecule has 0 bridgehead atoms. The third-order valence-corrected chi connectivity index (χ3v) is 3.39. The monoisotopic (exact) mass is 220 g/mol. The number of nitrogens with zero attached hydrogens (tertiary/aromatic N) is 2. The van der Waals surface area contributed by atoms with Crippen LogP contribution < -0.4 is 0 Å². The van der Waals surface area contributed by atoms with Crippen molar-refractivity contribution in [2.75, 3.05) is 0 Å². The molecule has 2 nitrogen and oxygen atoms in total. The minimum absolute atomic E-state index is 0.779. The summed E-state index contributed by atoms with van der Waals surface area (Å²) in [5.74, 6) is 0. The third-order valence-electron chi connectivity index (χ3n) is 3.39. The van der Waals surface area contributed by atoms with Crippen LogP contribution in [0.1, 0.15) is 11.1 Å². The molecule has 0 saturated heterocycles. The number of nitriles is 1. The van der Waals surface area contributed by atoms with Crippen molar-refractivity contribution < 1.29 is 0 Å². The van der Waals surface area contributed by atoms with Gasteiger partial charge in [0.1, 0.15) is 6.07 Å². The van der Waals surface area contributed by atoms with E-state index in [-0.39, 0.29) is 0 Å². The van der Waals surface area contributed by atoms with Gasteiger partial charge in [-0.2, -0.15) is 5.26 Å². The maximum atomic E-state index is 9.30. The lowest BCUT2D eigenvalue weighted by molar-refractivity contribution is 1.01. The lowest BCUT2D eigenvalue weighted by atomic mass is 10.0. The van der Waals surface area contributed by atoms with Gasteiger partial charge in [-0.25, -0.2) is 0 Å². The number of para-hydroxylation sites is 1. The SMILES string of the molecule is Cc1ccc2c3ccccc3n(C)c2c1C#N. The predicted octanol–water partition coefficient (Wildman–Crippen LogP) is 3.51. The molecule has 2 heteroatoms. The molecule has 0 spiro atoms. The fourth-order valence-electron chi connectivity index (χ4n) is 2.51. The highest BCUT2D eigenvalue weighted by atomic mass is 14.9.